The Labute approximate surface area is 177 Å². The van der Waals surface area contributed by atoms with Crippen molar-refractivity contribution in [2.45, 2.75) is 37.9 Å². The molecule has 1 N–H and O–H groups in total. The third-order valence-corrected chi connectivity index (χ3v) is 6.08. The lowest BCUT2D eigenvalue weighted by Gasteiger charge is -2.35. The number of benzene rings is 2. The Bertz CT molecular complexity index is 908. The maximum Gasteiger partial charge on any atom is 0.328 e. The summed E-state index contributed by atoms with van der Waals surface area (Å²) < 4.78 is 10.2. The highest BCUT2D eigenvalue weighted by Crippen LogP contribution is 2.41. The number of carbonyl (C=O) groups is 2. The number of rotatable bonds is 7. The van der Waals surface area contributed by atoms with Crippen molar-refractivity contribution in [1.29, 1.82) is 0 Å². The van der Waals surface area contributed by atoms with Crippen LogP contribution < -0.4 is 10.1 Å². The van der Waals surface area contributed by atoms with Crippen molar-refractivity contribution in [2.75, 3.05) is 20.8 Å². The number of amides is 1. The number of nitrogens with one attached hydrogen (secondary N) is 1. The van der Waals surface area contributed by atoms with Gasteiger partial charge in [0.25, 0.3) is 0 Å². The highest BCUT2D eigenvalue weighted by Gasteiger charge is 2.37. The molecule has 2 aromatic rings. The average Bonchev–Trinajstić information content (AvgIpc) is 3.63. The summed E-state index contributed by atoms with van der Waals surface area (Å²) in [5, 5.41) is 3.45. The molecule has 158 valence electrons. The highest BCUT2D eigenvalue weighted by molar-refractivity contribution is 5.86. The number of ether oxygens (including phenoxy) is 2. The van der Waals surface area contributed by atoms with Crippen molar-refractivity contribution in [1.82, 2.24) is 10.2 Å². The van der Waals surface area contributed by atoms with E-state index < -0.39 is 6.04 Å². The number of nitrogens with zero attached hydrogens (tertiary/aromatic N) is 1. The average molecular weight is 408 g/mol. The molecule has 1 aliphatic carbocycles. The first-order valence-electron chi connectivity index (χ1n) is 10.4. The summed E-state index contributed by atoms with van der Waals surface area (Å²) in [6.07, 6.45) is 2.79. The normalized spacial score (nSPS) is 19.0. The lowest BCUT2D eigenvalue weighted by Crippen LogP contribution is -2.51. The molecule has 30 heavy (non-hydrogen) atoms. The molecule has 1 aliphatic heterocycles. The van der Waals surface area contributed by atoms with E-state index in [1.54, 1.807) is 12.0 Å². The summed E-state index contributed by atoms with van der Waals surface area (Å²) in [6.45, 7) is 0.607. The molecule has 6 nitrogen and oxygen atoms in total. The molecule has 1 amide bonds. The van der Waals surface area contributed by atoms with Crippen LogP contribution in [0.25, 0.3) is 0 Å². The van der Waals surface area contributed by atoms with E-state index in [9.17, 15) is 9.59 Å². The van der Waals surface area contributed by atoms with E-state index in [1.807, 2.05) is 48.5 Å². The molecule has 1 saturated carbocycles. The summed E-state index contributed by atoms with van der Waals surface area (Å²) >= 11 is 0. The van der Waals surface area contributed by atoms with Gasteiger partial charge in [0.15, 0.2) is 0 Å². The molecule has 2 aromatic carbocycles. The summed E-state index contributed by atoms with van der Waals surface area (Å²) in [4.78, 5) is 27.2. The lowest BCUT2D eigenvalue weighted by molar-refractivity contribution is -0.153. The first-order chi connectivity index (χ1) is 14.6. The van der Waals surface area contributed by atoms with Crippen molar-refractivity contribution >= 4 is 11.9 Å². The Morgan fingerprint density at radius 2 is 1.77 bits per heavy atom. The van der Waals surface area contributed by atoms with E-state index in [1.165, 1.54) is 7.11 Å². The van der Waals surface area contributed by atoms with Gasteiger partial charge in [-0.15, -0.1) is 0 Å². The molecule has 1 fully saturated rings. The lowest BCUT2D eigenvalue weighted by atomic mass is 9.94. The van der Waals surface area contributed by atoms with E-state index in [0.29, 0.717) is 18.9 Å². The maximum absolute atomic E-state index is 13.2. The third kappa shape index (κ3) is 4.33. The van der Waals surface area contributed by atoms with Crippen LogP contribution in [0.1, 0.15) is 35.6 Å². The van der Waals surface area contributed by atoms with Crippen LogP contribution in [0, 0.1) is 5.92 Å². The molecule has 0 saturated heterocycles. The zero-order chi connectivity index (χ0) is 21.1. The van der Waals surface area contributed by atoms with E-state index >= 15 is 0 Å². The van der Waals surface area contributed by atoms with Gasteiger partial charge in [-0.3, -0.25) is 4.79 Å². The summed E-state index contributed by atoms with van der Waals surface area (Å²) in [6, 6.07) is 15.5. The van der Waals surface area contributed by atoms with Crippen molar-refractivity contribution in [2.24, 2.45) is 5.92 Å². The number of fused-ring (bicyclic) bond motifs is 1. The third-order valence-electron chi connectivity index (χ3n) is 6.08. The minimum Gasteiger partial charge on any atom is -0.497 e. The second kappa shape index (κ2) is 8.88. The molecule has 2 unspecified atom stereocenters. The van der Waals surface area contributed by atoms with E-state index in [-0.39, 0.29) is 24.5 Å². The fourth-order valence-corrected chi connectivity index (χ4v) is 4.23. The van der Waals surface area contributed by atoms with Gasteiger partial charge in [0.05, 0.1) is 20.8 Å². The van der Waals surface area contributed by atoms with Crippen LogP contribution in [0.4, 0.5) is 0 Å². The van der Waals surface area contributed by atoms with Gasteiger partial charge in [-0.25, -0.2) is 4.79 Å². The molecule has 0 spiro atoms. The van der Waals surface area contributed by atoms with Crippen molar-refractivity contribution in [3.8, 4) is 5.75 Å². The Morgan fingerprint density at radius 3 is 2.40 bits per heavy atom. The molecule has 0 aromatic heterocycles. The summed E-state index contributed by atoms with van der Waals surface area (Å²) in [5.41, 5.74) is 3.33. The number of methoxy groups -OCH3 is 2. The number of carbonyl (C=O) groups excluding carboxylic acids is 2. The molecule has 4 rings (SSSR count). The van der Waals surface area contributed by atoms with E-state index in [2.05, 4.69) is 5.32 Å². The second-order valence-electron chi connectivity index (χ2n) is 8.00. The fourth-order valence-electron chi connectivity index (χ4n) is 4.23. The van der Waals surface area contributed by atoms with Crippen LogP contribution in [0.15, 0.2) is 48.5 Å². The van der Waals surface area contributed by atoms with Gasteiger partial charge in [-0.1, -0.05) is 36.4 Å². The van der Waals surface area contributed by atoms with Gasteiger partial charge in [0.1, 0.15) is 11.8 Å². The predicted molar refractivity (Wildman–Crippen MR) is 113 cm³/mol. The fraction of sp³-hybridized carbons (Fsp3) is 0.417. The molecule has 6 heteroatoms. The van der Waals surface area contributed by atoms with Crippen molar-refractivity contribution in [3.63, 3.8) is 0 Å². The Morgan fingerprint density at radius 1 is 1.07 bits per heavy atom. The molecular formula is C24H28N2O4. The van der Waals surface area contributed by atoms with Crippen molar-refractivity contribution < 1.29 is 19.1 Å². The zero-order valence-corrected chi connectivity index (χ0v) is 17.5. The van der Waals surface area contributed by atoms with Crippen LogP contribution in [0.5, 0.6) is 5.75 Å². The van der Waals surface area contributed by atoms with Crippen LogP contribution >= 0.6 is 0 Å². The maximum atomic E-state index is 13.2. The van der Waals surface area contributed by atoms with Crippen LogP contribution in [-0.2, 0) is 27.3 Å². The Balaban J connectivity index is 1.47. The van der Waals surface area contributed by atoms with Gasteiger partial charge in [-0.05, 0) is 47.6 Å². The Hall–Kier alpha value is -2.86. The summed E-state index contributed by atoms with van der Waals surface area (Å²) in [5.74, 6) is 0.896. The zero-order valence-electron chi connectivity index (χ0n) is 17.5. The number of hydrogen-bond donors (Lipinski definition) is 1. The molecule has 2 atom stereocenters. The van der Waals surface area contributed by atoms with Gasteiger partial charge in [0.2, 0.25) is 5.91 Å². The van der Waals surface area contributed by atoms with Crippen molar-refractivity contribution in [3.05, 3.63) is 65.2 Å². The quantitative estimate of drug-likeness (QED) is 0.714. The number of hydrogen-bond acceptors (Lipinski definition) is 5. The highest BCUT2D eigenvalue weighted by atomic mass is 16.5. The van der Waals surface area contributed by atoms with Gasteiger partial charge < -0.3 is 19.7 Å². The second-order valence-corrected chi connectivity index (χ2v) is 8.00. The van der Waals surface area contributed by atoms with E-state index in [0.717, 1.165) is 35.3 Å². The van der Waals surface area contributed by atoms with Gasteiger partial charge in [-0.2, -0.15) is 0 Å². The standard InChI is InChI=1S/C24H28N2O4/c1-29-20-11-9-17(10-12-20)23(16-7-8-16)25-14-22(27)26-15-19-6-4-3-5-18(19)13-21(26)24(28)30-2/h3-6,9-12,16,21,23,25H,7-8,13-15H2,1-2H3. The Kier molecular flexibility index (Phi) is 6.04. The topological polar surface area (TPSA) is 67.9 Å². The van der Waals surface area contributed by atoms with E-state index in [4.69, 9.17) is 9.47 Å². The minimum atomic E-state index is -0.584. The monoisotopic (exact) mass is 408 g/mol. The minimum absolute atomic E-state index is 0.0842. The SMILES string of the molecule is COC(=O)C1Cc2ccccc2CN1C(=O)CNC(c1ccc(OC)cc1)C1CC1. The van der Waals surface area contributed by atoms with Gasteiger partial charge in [0, 0.05) is 19.0 Å². The molecule has 2 aliphatic rings. The molecular weight excluding hydrogens is 380 g/mol. The first kappa shape index (κ1) is 20.4. The molecule has 1 heterocycles. The van der Waals surface area contributed by atoms with Crippen LogP contribution in [-0.4, -0.2) is 43.6 Å². The van der Waals surface area contributed by atoms with Crippen LogP contribution in [0.3, 0.4) is 0 Å². The van der Waals surface area contributed by atoms with Crippen LogP contribution in [0.2, 0.25) is 0 Å². The largest absolute Gasteiger partial charge is 0.497 e. The summed E-state index contributed by atoms with van der Waals surface area (Å²) in [7, 11) is 3.02. The predicted octanol–water partition coefficient (Wildman–Crippen LogP) is 2.86. The smallest absolute Gasteiger partial charge is 0.328 e. The molecule has 0 bridgehead atoms. The van der Waals surface area contributed by atoms with Gasteiger partial charge >= 0.3 is 5.97 Å². The first-order valence-corrected chi connectivity index (χ1v) is 10.4. The number of esters is 1. The molecule has 0 radical (unpaired) electrons.